The van der Waals surface area contributed by atoms with Gasteiger partial charge in [-0.25, -0.2) is 0 Å². The zero-order valence-electron chi connectivity index (χ0n) is 9.88. The van der Waals surface area contributed by atoms with Crippen LogP contribution in [0.4, 0.5) is 10.8 Å². The number of nitrogens with one attached hydrogen (secondary N) is 1. The summed E-state index contributed by atoms with van der Waals surface area (Å²) in [5.41, 5.74) is 2.03. The van der Waals surface area contributed by atoms with Crippen LogP contribution in [0, 0.1) is 6.92 Å². The Labute approximate surface area is 126 Å². The van der Waals surface area contributed by atoms with Crippen LogP contribution in [0.2, 0.25) is 0 Å². The molecule has 0 saturated carbocycles. The molecule has 2 rings (SSSR count). The number of hydrogen-bond donors (Lipinski definition) is 2. The van der Waals surface area contributed by atoms with E-state index < -0.39 is 5.97 Å². The van der Waals surface area contributed by atoms with Crippen LogP contribution in [-0.4, -0.2) is 27.0 Å². The number of carbonyl (C=O) groups is 1. The van der Waals surface area contributed by atoms with E-state index >= 15 is 0 Å². The molecule has 1 heterocycles. The second kappa shape index (κ2) is 6.36. The van der Waals surface area contributed by atoms with Gasteiger partial charge in [0.15, 0.2) is 4.34 Å². The number of benzene rings is 1. The molecule has 1 aromatic carbocycles. The van der Waals surface area contributed by atoms with Crippen molar-refractivity contribution in [1.29, 1.82) is 0 Å². The molecule has 0 radical (unpaired) electrons. The van der Waals surface area contributed by atoms with E-state index in [1.807, 2.05) is 25.1 Å². The molecule has 0 atom stereocenters. The zero-order chi connectivity index (χ0) is 13.8. The summed E-state index contributed by atoms with van der Waals surface area (Å²) in [6.45, 7) is 1.99. The Bertz CT molecular complexity index is 603. The van der Waals surface area contributed by atoms with Gasteiger partial charge in [0.25, 0.3) is 0 Å². The van der Waals surface area contributed by atoms with Gasteiger partial charge >= 0.3 is 5.97 Å². The first-order valence-corrected chi connectivity index (χ1v) is 7.86. The minimum atomic E-state index is -0.863. The maximum Gasteiger partial charge on any atom is 0.313 e. The van der Waals surface area contributed by atoms with Crippen LogP contribution in [0.5, 0.6) is 0 Å². The molecule has 2 N–H and O–H groups in total. The number of anilines is 2. The standard InChI is InChI=1S/C11H10BrN3O2S2/c1-6-7(12)3-2-4-8(6)13-10-14-15-11(19-10)18-5-9(16)17/h2-4H,5H2,1H3,(H,13,14)(H,16,17). The molecule has 1 aromatic heterocycles. The Kier molecular flexibility index (Phi) is 4.78. The molecule has 0 spiro atoms. The van der Waals surface area contributed by atoms with Crippen molar-refractivity contribution in [3.63, 3.8) is 0 Å². The van der Waals surface area contributed by atoms with Crippen molar-refractivity contribution in [2.24, 2.45) is 0 Å². The van der Waals surface area contributed by atoms with Crippen LogP contribution < -0.4 is 5.32 Å². The molecule has 5 nitrogen and oxygen atoms in total. The van der Waals surface area contributed by atoms with E-state index in [1.54, 1.807) is 0 Å². The molecule has 19 heavy (non-hydrogen) atoms. The van der Waals surface area contributed by atoms with Crippen molar-refractivity contribution in [3.8, 4) is 0 Å². The Morgan fingerprint density at radius 3 is 3.05 bits per heavy atom. The highest BCUT2D eigenvalue weighted by atomic mass is 79.9. The third-order valence-electron chi connectivity index (χ3n) is 2.23. The minimum Gasteiger partial charge on any atom is -0.481 e. The second-order valence-electron chi connectivity index (χ2n) is 3.59. The number of halogens is 1. The zero-order valence-corrected chi connectivity index (χ0v) is 13.1. The van der Waals surface area contributed by atoms with E-state index in [1.165, 1.54) is 11.3 Å². The summed E-state index contributed by atoms with van der Waals surface area (Å²) < 4.78 is 1.65. The number of rotatable bonds is 5. The lowest BCUT2D eigenvalue weighted by Gasteiger charge is -2.07. The lowest BCUT2D eigenvalue weighted by molar-refractivity contribution is -0.133. The summed E-state index contributed by atoms with van der Waals surface area (Å²) >= 11 is 5.96. The summed E-state index contributed by atoms with van der Waals surface area (Å²) in [5, 5.41) is 20.3. The fourth-order valence-corrected chi connectivity index (χ4v) is 3.15. The number of thioether (sulfide) groups is 1. The molecule has 0 aliphatic heterocycles. The van der Waals surface area contributed by atoms with E-state index in [2.05, 4.69) is 31.4 Å². The largest absolute Gasteiger partial charge is 0.481 e. The second-order valence-corrected chi connectivity index (χ2v) is 6.65. The van der Waals surface area contributed by atoms with Gasteiger partial charge in [0.05, 0.1) is 5.75 Å². The summed E-state index contributed by atoms with van der Waals surface area (Å²) in [6.07, 6.45) is 0. The molecule has 8 heteroatoms. The first-order chi connectivity index (χ1) is 9.06. The van der Waals surface area contributed by atoms with E-state index in [0.717, 1.165) is 27.5 Å². The third-order valence-corrected chi connectivity index (χ3v) is 5.05. The average Bonchev–Trinajstić information content (AvgIpc) is 2.80. The SMILES string of the molecule is Cc1c(Br)cccc1Nc1nnc(SCC(=O)O)s1. The van der Waals surface area contributed by atoms with Gasteiger partial charge in [-0.1, -0.05) is 45.1 Å². The van der Waals surface area contributed by atoms with Crippen molar-refractivity contribution in [2.45, 2.75) is 11.3 Å². The van der Waals surface area contributed by atoms with Gasteiger partial charge in [0.1, 0.15) is 0 Å². The number of aliphatic carboxylic acids is 1. The molecule has 2 aromatic rings. The molecule has 0 saturated heterocycles. The average molecular weight is 360 g/mol. The highest BCUT2D eigenvalue weighted by Gasteiger charge is 2.09. The first kappa shape index (κ1) is 14.3. The van der Waals surface area contributed by atoms with E-state index in [4.69, 9.17) is 5.11 Å². The normalized spacial score (nSPS) is 10.4. The summed E-state index contributed by atoms with van der Waals surface area (Å²) in [5.74, 6) is -0.873. The van der Waals surface area contributed by atoms with Crippen molar-refractivity contribution < 1.29 is 9.90 Å². The highest BCUT2D eigenvalue weighted by molar-refractivity contribution is 9.10. The number of aromatic nitrogens is 2. The number of nitrogens with zero attached hydrogens (tertiary/aromatic N) is 2. The predicted molar refractivity (Wildman–Crippen MR) is 80.4 cm³/mol. The minimum absolute atomic E-state index is 0.00938. The van der Waals surface area contributed by atoms with E-state index in [-0.39, 0.29) is 5.75 Å². The maximum absolute atomic E-state index is 10.5. The third kappa shape index (κ3) is 3.92. The Morgan fingerprint density at radius 1 is 1.53 bits per heavy atom. The van der Waals surface area contributed by atoms with Crippen molar-refractivity contribution in [2.75, 3.05) is 11.1 Å². The van der Waals surface area contributed by atoms with Crippen molar-refractivity contribution in [1.82, 2.24) is 10.2 Å². The number of carboxylic acid groups (broad SMARTS) is 1. The van der Waals surface area contributed by atoms with Crippen LogP contribution >= 0.6 is 39.0 Å². The molecule has 0 aliphatic carbocycles. The van der Waals surface area contributed by atoms with Crippen LogP contribution in [0.1, 0.15) is 5.56 Å². The monoisotopic (exact) mass is 359 g/mol. The molecule has 0 bridgehead atoms. The lowest BCUT2D eigenvalue weighted by atomic mass is 10.2. The quantitative estimate of drug-likeness (QED) is 0.795. The topological polar surface area (TPSA) is 75.1 Å². The first-order valence-electron chi connectivity index (χ1n) is 5.26. The van der Waals surface area contributed by atoms with Crippen LogP contribution in [-0.2, 0) is 4.79 Å². The molecular weight excluding hydrogens is 350 g/mol. The predicted octanol–water partition coefficient (Wildman–Crippen LogP) is 3.53. The molecular formula is C11H10BrN3O2S2. The van der Waals surface area contributed by atoms with Crippen LogP contribution in [0.3, 0.4) is 0 Å². The fraction of sp³-hybridized carbons (Fsp3) is 0.182. The van der Waals surface area contributed by atoms with Crippen molar-refractivity contribution in [3.05, 3.63) is 28.2 Å². The van der Waals surface area contributed by atoms with Gasteiger partial charge < -0.3 is 10.4 Å². The Hall–Kier alpha value is -1.12. The number of hydrogen-bond acceptors (Lipinski definition) is 6. The molecule has 100 valence electrons. The molecule has 0 fully saturated rings. The van der Waals surface area contributed by atoms with Gasteiger partial charge in [0, 0.05) is 10.2 Å². The van der Waals surface area contributed by atoms with Crippen LogP contribution in [0.15, 0.2) is 27.0 Å². The molecule has 0 aliphatic rings. The Morgan fingerprint density at radius 2 is 2.32 bits per heavy atom. The fourth-order valence-electron chi connectivity index (χ4n) is 1.30. The molecule has 0 unspecified atom stereocenters. The Balaban J connectivity index is 2.07. The lowest BCUT2D eigenvalue weighted by Crippen LogP contribution is -1.96. The van der Waals surface area contributed by atoms with Crippen molar-refractivity contribution >= 4 is 55.8 Å². The smallest absolute Gasteiger partial charge is 0.313 e. The van der Waals surface area contributed by atoms with Gasteiger partial charge in [-0.2, -0.15) is 0 Å². The van der Waals surface area contributed by atoms with E-state index in [0.29, 0.717) is 9.47 Å². The van der Waals surface area contributed by atoms with E-state index in [9.17, 15) is 4.79 Å². The van der Waals surface area contributed by atoms with Crippen LogP contribution in [0.25, 0.3) is 0 Å². The highest BCUT2D eigenvalue weighted by Crippen LogP contribution is 2.30. The van der Waals surface area contributed by atoms with Gasteiger partial charge in [-0.05, 0) is 24.6 Å². The van der Waals surface area contributed by atoms with Gasteiger partial charge in [-0.3, -0.25) is 4.79 Å². The summed E-state index contributed by atoms with van der Waals surface area (Å²) in [7, 11) is 0. The van der Waals surface area contributed by atoms with Gasteiger partial charge in [-0.15, -0.1) is 10.2 Å². The number of carboxylic acids is 1. The summed E-state index contributed by atoms with van der Waals surface area (Å²) in [6, 6.07) is 5.85. The van der Waals surface area contributed by atoms with Gasteiger partial charge in [0.2, 0.25) is 5.13 Å². The molecule has 0 amide bonds. The summed E-state index contributed by atoms with van der Waals surface area (Å²) in [4.78, 5) is 10.5. The maximum atomic E-state index is 10.5.